The summed E-state index contributed by atoms with van der Waals surface area (Å²) in [5.41, 5.74) is 7.06. The van der Waals surface area contributed by atoms with E-state index < -0.39 is 0 Å². The van der Waals surface area contributed by atoms with Crippen molar-refractivity contribution >= 4 is 0 Å². The molecule has 0 aromatic carbocycles. The summed E-state index contributed by atoms with van der Waals surface area (Å²) in [4.78, 5) is 0. The fraction of sp³-hybridized carbons (Fsp3) is 0.455. The van der Waals surface area contributed by atoms with Gasteiger partial charge in [0, 0.05) is 20.6 Å². The van der Waals surface area contributed by atoms with Gasteiger partial charge in [0.2, 0.25) is 0 Å². The Labute approximate surface area is 93.5 Å². The van der Waals surface area contributed by atoms with Crippen LogP contribution in [-0.4, -0.2) is 32.7 Å². The van der Waals surface area contributed by atoms with Crippen LogP contribution in [0.3, 0.4) is 0 Å². The molecule has 0 saturated carbocycles. The van der Waals surface area contributed by atoms with E-state index in [1.54, 1.807) is 20.2 Å². The zero-order chi connectivity index (χ0) is 12.1. The smallest absolute Gasteiger partial charge is 0.0350 e. The molecule has 4 nitrogen and oxygen atoms in total. The van der Waals surface area contributed by atoms with Crippen molar-refractivity contribution in [3.8, 4) is 0 Å². The van der Waals surface area contributed by atoms with Crippen LogP contribution in [0.1, 0.15) is 6.92 Å². The molecule has 0 bridgehead atoms. The number of allylic oxidation sites excluding steroid dienone is 3. The number of nitrogens with one attached hydrogen (secondary N) is 2. The van der Waals surface area contributed by atoms with Crippen LogP contribution in [0.2, 0.25) is 0 Å². The third kappa shape index (κ3) is 19.5. The lowest BCUT2D eigenvalue weighted by atomic mass is 10.2. The van der Waals surface area contributed by atoms with Crippen molar-refractivity contribution in [2.45, 2.75) is 6.92 Å². The van der Waals surface area contributed by atoms with Gasteiger partial charge in [-0.1, -0.05) is 30.9 Å². The first kappa shape index (κ1) is 16.5. The average molecular weight is 212 g/mol. The first-order valence-corrected chi connectivity index (χ1v) is 4.84. The highest BCUT2D eigenvalue weighted by Gasteiger charge is 1.86. The molecule has 88 valence electrons. The van der Waals surface area contributed by atoms with Gasteiger partial charge in [0.1, 0.15) is 0 Å². The van der Waals surface area contributed by atoms with Crippen molar-refractivity contribution in [1.82, 2.24) is 15.9 Å². The Kier molecular flexibility index (Phi) is 14.4. The van der Waals surface area contributed by atoms with Crippen LogP contribution in [0, 0.1) is 0 Å². The molecule has 15 heavy (non-hydrogen) atoms. The maximum atomic E-state index is 4.94. The van der Waals surface area contributed by atoms with E-state index in [4.69, 9.17) is 5.84 Å². The molecule has 0 heterocycles. The summed E-state index contributed by atoms with van der Waals surface area (Å²) in [6, 6.07) is 0. The summed E-state index contributed by atoms with van der Waals surface area (Å²) in [5, 5.41) is 1.50. The summed E-state index contributed by atoms with van der Waals surface area (Å²) >= 11 is 0. The lowest BCUT2D eigenvalue weighted by Gasteiger charge is -2.01. The molecule has 0 fully saturated rings. The molecule has 0 amide bonds. The second-order valence-electron chi connectivity index (χ2n) is 3.04. The average Bonchev–Trinajstić information content (AvgIpc) is 2.14. The number of hydrogen-bond donors (Lipinski definition) is 3. The molecule has 4 N–H and O–H groups in total. The summed E-state index contributed by atoms with van der Waals surface area (Å²) < 4.78 is 0. The van der Waals surface area contributed by atoms with E-state index >= 15 is 0 Å². The first-order chi connectivity index (χ1) is 7.08. The van der Waals surface area contributed by atoms with Gasteiger partial charge < -0.3 is 0 Å². The van der Waals surface area contributed by atoms with E-state index in [-0.39, 0.29) is 0 Å². The first-order valence-electron chi connectivity index (χ1n) is 4.84. The maximum absolute atomic E-state index is 4.94. The Morgan fingerprint density at radius 1 is 1.47 bits per heavy atom. The molecule has 0 rings (SSSR count). The number of nitrogens with zero attached hydrogens (tertiary/aromatic N) is 1. The van der Waals surface area contributed by atoms with Gasteiger partial charge in [-0.25, -0.2) is 0 Å². The second kappa shape index (κ2) is 13.1. The van der Waals surface area contributed by atoms with E-state index in [2.05, 4.69) is 17.4 Å². The van der Waals surface area contributed by atoms with Crippen LogP contribution < -0.4 is 16.7 Å². The van der Waals surface area contributed by atoms with Crippen LogP contribution >= 0.6 is 0 Å². The fourth-order valence-corrected chi connectivity index (χ4v) is 0.729. The monoisotopic (exact) mass is 212 g/mol. The molecular weight excluding hydrogens is 188 g/mol. The van der Waals surface area contributed by atoms with Gasteiger partial charge in [0.15, 0.2) is 0 Å². The molecule has 0 atom stereocenters. The number of nitrogens with two attached hydrogens (primary N) is 1. The topological polar surface area (TPSA) is 53.3 Å². The van der Waals surface area contributed by atoms with Crippen molar-refractivity contribution in [2.75, 3.05) is 27.7 Å². The zero-order valence-corrected chi connectivity index (χ0v) is 10.2. The van der Waals surface area contributed by atoms with E-state index in [0.717, 1.165) is 6.54 Å². The van der Waals surface area contributed by atoms with Gasteiger partial charge in [-0.3, -0.25) is 21.7 Å². The molecule has 0 aliphatic heterocycles. The highest BCUT2D eigenvalue weighted by atomic mass is 15.4. The molecule has 0 spiro atoms. The van der Waals surface area contributed by atoms with E-state index in [1.165, 1.54) is 10.6 Å². The molecule has 0 aromatic heterocycles. The Hall–Kier alpha value is -0.940. The third-order valence-electron chi connectivity index (χ3n) is 1.18. The van der Waals surface area contributed by atoms with Crippen LogP contribution in [0.5, 0.6) is 0 Å². The molecule has 0 aliphatic rings. The van der Waals surface area contributed by atoms with Gasteiger partial charge >= 0.3 is 0 Å². The van der Waals surface area contributed by atoms with E-state index in [1.807, 2.05) is 32.2 Å². The molecule has 0 aliphatic carbocycles. The highest BCUT2D eigenvalue weighted by Crippen LogP contribution is 1.94. The normalized spacial score (nSPS) is 11.5. The summed E-state index contributed by atoms with van der Waals surface area (Å²) in [6.45, 7) is 6.44. The lowest BCUT2D eigenvalue weighted by molar-refractivity contribution is 0.432. The Bertz CT molecular complexity index is 192. The number of hydrazine groups is 2. The predicted molar refractivity (Wildman–Crippen MR) is 68.0 cm³/mol. The summed E-state index contributed by atoms with van der Waals surface area (Å²) in [6.07, 6.45) is 7.82. The Morgan fingerprint density at radius 2 is 2.00 bits per heavy atom. The SMILES string of the molecule is C=C/C=C(\C=C/C)CNNC.CN(C)N. The Morgan fingerprint density at radius 3 is 2.33 bits per heavy atom. The quantitative estimate of drug-likeness (QED) is 0.359. The summed E-state index contributed by atoms with van der Waals surface area (Å²) in [7, 11) is 5.40. The van der Waals surface area contributed by atoms with Crippen molar-refractivity contribution in [1.29, 1.82) is 0 Å². The van der Waals surface area contributed by atoms with Gasteiger partial charge in [-0.05, 0) is 19.5 Å². The highest BCUT2D eigenvalue weighted by molar-refractivity contribution is 5.23. The molecule has 0 unspecified atom stereocenters. The fourth-order valence-electron chi connectivity index (χ4n) is 0.729. The second-order valence-corrected chi connectivity index (χ2v) is 3.04. The van der Waals surface area contributed by atoms with Crippen LogP contribution in [0.15, 0.2) is 36.5 Å². The van der Waals surface area contributed by atoms with Gasteiger partial charge in [-0.15, -0.1) is 0 Å². The van der Waals surface area contributed by atoms with E-state index in [0.29, 0.717) is 0 Å². The van der Waals surface area contributed by atoms with E-state index in [9.17, 15) is 0 Å². The lowest BCUT2D eigenvalue weighted by Crippen LogP contribution is -2.29. The molecule has 0 saturated heterocycles. The molecule has 0 aromatic rings. The van der Waals surface area contributed by atoms with Gasteiger partial charge in [-0.2, -0.15) is 0 Å². The summed E-state index contributed by atoms with van der Waals surface area (Å²) in [5.74, 6) is 4.94. The van der Waals surface area contributed by atoms with Gasteiger partial charge in [0.05, 0.1) is 0 Å². The van der Waals surface area contributed by atoms with Crippen LogP contribution in [0.4, 0.5) is 0 Å². The van der Waals surface area contributed by atoms with Crippen molar-refractivity contribution in [3.63, 3.8) is 0 Å². The molecular formula is C11H24N4. The third-order valence-corrected chi connectivity index (χ3v) is 1.18. The Balaban J connectivity index is 0. The van der Waals surface area contributed by atoms with Crippen molar-refractivity contribution < 1.29 is 0 Å². The van der Waals surface area contributed by atoms with Gasteiger partial charge in [0.25, 0.3) is 0 Å². The minimum Gasteiger partial charge on any atom is -0.269 e. The van der Waals surface area contributed by atoms with Crippen LogP contribution in [0.25, 0.3) is 0 Å². The molecule has 4 heteroatoms. The standard InChI is InChI=1S/C9H16N2.C2H8N2/c1-4-6-9(7-5-2)8-11-10-3;1-4(2)3/h4-7,10-11H,1,8H2,2-3H3;3H2,1-2H3/b7-5-,9-6+;. The number of hydrogen-bond acceptors (Lipinski definition) is 4. The number of rotatable bonds is 5. The van der Waals surface area contributed by atoms with Crippen molar-refractivity contribution in [3.05, 3.63) is 36.5 Å². The van der Waals surface area contributed by atoms with Crippen molar-refractivity contribution in [2.24, 2.45) is 5.84 Å². The van der Waals surface area contributed by atoms with Crippen LogP contribution in [-0.2, 0) is 0 Å². The minimum absolute atomic E-state index is 0.812. The predicted octanol–water partition coefficient (Wildman–Crippen LogP) is 0.821. The maximum Gasteiger partial charge on any atom is 0.0350 e. The minimum atomic E-state index is 0.812. The molecule has 0 radical (unpaired) electrons. The largest absolute Gasteiger partial charge is 0.269 e. The zero-order valence-electron chi connectivity index (χ0n) is 10.2.